The zero-order valence-electron chi connectivity index (χ0n) is 12.5. The number of aryl methyl sites for hydroxylation is 1. The summed E-state index contributed by atoms with van der Waals surface area (Å²) in [6.45, 7) is 4.86. The summed E-state index contributed by atoms with van der Waals surface area (Å²) in [7, 11) is 0. The minimum atomic E-state index is -0.845. The summed E-state index contributed by atoms with van der Waals surface area (Å²) in [5.74, 6) is -0.897. The molecule has 5 nitrogen and oxygen atoms in total. The predicted molar refractivity (Wildman–Crippen MR) is 77.8 cm³/mol. The second-order valence-corrected chi connectivity index (χ2v) is 5.87. The maximum absolute atomic E-state index is 12.0. The number of rotatable bonds is 5. The lowest BCUT2D eigenvalue weighted by Crippen LogP contribution is -2.52. The van der Waals surface area contributed by atoms with Gasteiger partial charge in [-0.1, -0.05) is 29.8 Å². The fourth-order valence-corrected chi connectivity index (χ4v) is 2.56. The van der Waals surface area contributed by atoms with Gasteiger partial charge in [0, 0.05) is 19.5 Å². The Morgan fingerprint density at radius 3 is 2.90 bits per heavy atom. The second kappa shape index (κ2) is 6.26. The van der Waals surface area contributed by atoms with Crippen LogP contribution in [-0.2, 0) is 20.9 Å². The van der Waals surface area contributed by atoms with Crippen molar-refractivity contribution in [3.05, 3.63) is 35.4 Å². The molecule has 1 aromatic rings. The first-order valence-electron chi connectivity index (χ1n) is 7.07. The van der Waals surface area contributed by atoms with Gasteiger partial charge < -0.3 is 14.7 Å². The summed E-state index contributed by atoms with van der Waals surface area (Å²) >= 11 is 0. The largest absolute Gasteiger partial charge is 0.481 e. The molecule has 0 spiro atoms. The lowest BCUT2D eigenvalue weighted by molar-refractivity contribution is -0.164. The van der Waals surface area contributed by atoms with E-state index < -0.39 is 11.6 Å². The van der Waals surface area contributed by atoms with Crippen LogP contribution in [0.15, 0.2) is 24.3 Å². The highest BCUT2D eigenvalue weighted by molar-refractivity contribution is 5.78. The average Bonchev–Trinajstić information content (AvgIpc) is 2.41. The molecule has 0 bridgehead atoms. The van der Waals surface area contributed by atoms with Crippen LogP contribution in [0.5, 0.6) is 0 Å². The third kappa shape index (κ3) is 4.29. The monoisotopic (exact) mass is 291 g/mol. The number of benzene rings is 1. The third-order valence-electron chi connectivity index (χ3n) is 3.75. The van der Waals surface area contributed by atoms with Crippen molar-refractivity contribution in [2.24, 2.45) is 0 Å². The van der Waals surface area contributed by atoms with E-state index in [4.69, 9.17) is 9.84 Å². The first-order chi connectivity index (χ1) is 9.88. The maximum atomic E-state index is 12.0. The summed E-state index contributed by atoms with van der Waals surface area (Å²) in [5.41, 5.74) is 1.64. The van der Waals surface area contributed by atoms with Crippen molar-refractivity contribution in [3.63, 3.8) is 0 Å². The molecule has 1 saturated heterocycles. The molecule has 0 aliphatic carbocycles. The molecule has 0 radical (unpaired) electrons. The SMILES string of the molecule is Cc1cccc(CN2CC(C)(CCC(=O)O)OCC2=O)c1. The van der Waals surface area contributed by atoms with E-state index in [2.05, 4.69) is 6.07 Å². The van der Waals surface area contributed by atoms with E-state index in [1.807, 2.05) is 32.0 Å². The molecule has 1 amide bonds. The number of carbonyl (C=O) groups excluding carboxylic acids is 1. The third-order valence-corrected chi connectivity index (χ3v) is 3.75. The summed E-state index contributed by atoms with van der Waals surface area (Å²) in [6, 6.07) is 8.03. The van der Waals surface area contributed by atoms with E-state index in [0.29, 0.717) is 19.5 Å². The number of ether oxygens (including phenoxy) is 1. The van der Waals surface area contributed by atoms with Gasteiger partial charge in [-0.2, -0.15) is 0 Å². The maximum Gasteiger partial charge on any atom is 0.303 e. The zero-order valence-corrected chi connectivity index (χ0v) is 12.5. The first kappa shape index (κ1) is 15.5. The van der Waals surface area contributed by atoms with Crippen LogP contribution in [0.1, 0.15) is 30.9 Å². The number of carboxylic acids is 1. The molecule has 5 heteroatoms. The van der Waals surface area contributed by atoms with Crippen molar-refractivity contribution < 1.29 is 19.4 Å². The fraction of sp³-hybridized carbons (Fsp3) is 0.500. The molecular weight excluding hydrogens is 270 g/mol. The van der Waals surface area contributed by atoms with Gasteiger partial charge in [0.15, 0.2) is 0 Å². The molecule has 0 aromatic heterocycles. The van der Waals surface area contributed by atoms with Gasteiger partial charge in [0.1, 0.15) is 6.61 Å². The fourth-order valence-electron chi connectivity index (χ4n) is 2.56. The van der Waals surface area contributed by atoms with Crippen molar-refractivity contribution in [1.82, 2.24) is 4.90 Å². The van der Waals surface area contributed by atoms with E-state index in [1.165, 1.54) is 0 Å². The average molecular weight is 291 g/mol. The van der Waals surface area contributed by atoms with Crippen LogP contribution < -0.4 is 0 Å². The summed E-state index contributed by atoms with van der Waals surface area (Å²) in [4.78, 5) is 24.5. The smallest absolute Gasteiger partial charge is 0.303 e. The van der Waals surface area contributed by atoms with Crippen molar-refractivity contribution >= 4 is 11.9 Å². The van der Waals surface area contributed by atoms with Crippen molar-refractivity contribution in [1.29, 1.82) is 0 Å². The van der Waals surface area contributed by atoms with E-state index in [0.717, 1.165) is 11.1 Å². The van der Waals surface area contributed by atoms with Gasteiger partial charge in [0.2, 0.25) is 5.91 Å². The van der Waals surface area contributed by atoms with Crippen LogP contribution >= 0.6 is 0 Å². The number of hydrogen-bond donors (Lipinski definition) is 1. The van der Waals surface area contributed by atoms with Crippen molar-refractivity contribution in [2.45, 2.75) is 38.8 Å². The molecule has 2 rings (SSSR count). The molecule has 1 fully saturated rings. The number of hydrogen-bond acceptors (Lipinski definition) is 3. The molecule has 1 atom stereocenters. The molecule has 114 valence electrons. The van der Waals surface area contributed by atoms with Crippen LogP contribution in [0.4, 0.5) is 0 Å². The Balaban J connectivity index is 2.04. The van der Waals surface area contributed by atoms with Gasteiger partial charge in [0.05, 0.1) is 5.60 Å². The minimum Gasteiger partial charge on any atom is -0.481 e. The Kier molecular flexibility index (Phi) is 4.63. The summed E-state index contributed by atoms with van der Waals surface area (Å²) in [6.07, 6.45) is 0.447. The Morgan fingerprint density at radius 1 is 1.48 bits per heavy atom. The van der Waals surface area contributed by atoms with E-state index in [-0.39, 0.29) is 18.9 Å². The highest BCUT2D eigenvalue weighted by atomic mass is 16.5. The molecule has 1 aliphatic rings. The van der Waals surface area contributed by atoms with Gasteiger partial charge in [0.25, 0.3) is 0 Å². The van der Waals surface area contributed by atoms with Gasteiger partial charge in [-0.15, -0.1) is 0 Å². The number of amides is 1. The van der Waals surface area contributed by atoms with Crippen LogP contribution in [0.2, 0.25) is 0 Å². The Morgan fingerprint density at radius 2 is 2.24 bits per heavy atom. The number of carboxylic acid groups (broad SMARTS) is 1. The van der Waals surface area contributed by atoms with Crippen molar-refractivity contribution in [3.8, 4) is 0 Å². The van der Waals surface area contributed by atoms with Crippen LogP contribution in [0.3, 0.4) is 0 Å². The Labute approximate surface area is 124 Å². The normalized spacial score (nSPS) is 22.4. The number of carbonyl (C=O) groups is 2. The molecular formula is C16H21NO4. The second-order valence-electron chi connectivity index (χ2n) is 5.87. The lowest BCUT2D eigenvalue weighted by Gasteiger charge is -2.40. The summed E-state index contributed by atoms with van der Waals surface area (Å²) < 4.78 is 5.57. The molecule has 1 N–H and O–H groups in total. The molecule has 0 saturated carbocycles. The van der Waals surface area contributed by atoms with Gasteiger partial charge in [-0.05, 0) is 25.8 Å². The van der Waals surface area contributed by atoms with Crippen LogP contribution in [0.25, 0.3) is 0 Å². The molecule has 1 aromatic carbocycles. The van der Waals surface area contributed by atoms with Crippen molar-refractivity contribution in [2.75, 3.05) is 13.2 Å². The predicted octanol–water partition coefficient (Wildman–Crippen LogP) is 1.98. The lowest BCUT2D eigenvalue weighted by atomic mass is 9.97. The van der Waals surface area contributed by atoms with Gasteiger partial charge >= 0.3 is 5.97 Å². The highest BCUT2D eigenvalue weighted by Gasteiger charge is 2.36. The molecule has 1 aliphatic heterocycles. The molecule has 1 unspecified atom stereocenters. The minimum absolute atomic E-state index is 0.0158. The Hall–Kier alpha value is -1.88. The molecule has 21 heavy (non-hydrogen) atoms. The van der Waals surface area contributed by atoms with Gasteiger partial charge in [-0.3, -0.25) is 9.59 Å². The number of nitrogens with zero attached hydrogens (tertiary/aromatic N) is 1. The van der Waals surface area contributed by atoms with Crippen LogP contribution in [-0.4, -0.2) is 40.6 Å². The quantitative estimate of drug-likeness (QED) is 0.900. The highest BCUT2D eigenvalue weighted by Crippen LogP contribution is 2.25. The van der Waals surface area contributed by atoms with Gasteiger partial charge in [-0.25, -0.2) is 0 Å². The number of morpholine rings is 1. The van der Waals surface area contributed by atoms with E-state index in [9.17, 15) is 9.59 Å². The van der Waals surface area contributed by atoms with E-state index in [1.54, 1.807) is 4.90 Å². The molecule has 1 heterocycles. The zero-order chi connectivity index (χ0) is 15.5. The summed E-state index contributed by atoms with van der Waals surface area (Å²) in [5, 5.41) is 8.81. The number of aliphatic carboxylic acids is 1. The topological polar surface area (TPSA) is 66.8 Å². The standard InChI is InChI=1S/C16H21NO4/c1-12-4-3-5-13(8-12)9-17-11-16(2,7-6-15(19)20)21-10-14(17)18/h3-5,8H,6-7,9-11H2,1-2H3,(H,19,20). The first-order valence-corrected chi connectivity index (χ1v) is 7.07. The Bertz CT molecular complexity index is 543. The van der Waals surface area contributed by atoms with Crippen LogP contribution in [0, 0.1) is 6.92 Å². The van der Waals surface area contributed by atoms with E-state index >= 15 is 0 Å².